The van der Waals surface area contributed by atoms with Crippen molar-refractivity contribution in [3.8, 4) is 17.1 Å². The summed E-state index contributed by atoms with van der Waals surface area (Å²) in [7, 11) is 0. The van der Waals surface area contributed by atoms with Crippen molar-refractivity contribution in [1.29, 1.82) is 0 Å². The fourth-order valence-electron chi connectivity index (χ4n) is 3.88. The van der Waals surface area contributed by atoms with E-state index in [1.54, 1.807) is 12.4 Å². The average molecular weight is 473 g/mol. The van der Waals surface area contributed by atoms with E-state index in [1.165, 1.54) is 76.3 Å². The number of rotatable bonds is 18. The minimum atomic E-state index is -0.980. The Hall–Kier alpha value is -2.30. The van der Waals surface area contributed by atoms with Gasteiger partial charge in [-0.3, -0.25) is 0 Å². The predicted octanol–water partition coefficient (Wildman–Crippen LogP) is 9.31. The Morgan fingerprint density at radius 3 is 1.97 bits per heavy atom. The van der Waals surface area contributed by atoms with Crippen LogP contribution < -0.4 is 4.74 Å². The molecule has 0 aliphatic rings. The molecule has 0 aliphatic heterocycles. The van der Waals surface area contributed by atoms with E-state index in [2.05, 4.69) is 29.9 Å². The highest BCUT2D eigenvalue weighted by atomic mass is 19.2. The van der Waals surface area contributed by atoms with Crippen LogP contribution in [0.4, 0.5) is 8.78 Å². The molecule has 0 unspecified atom stereocenters. The molecule has 0 fully saturated rings. The molecule has 1 aromatic carbocycles. The molecule has 0 atom stereocenters. The number of nitrogens with zero attached hydrogens (tertiary/aromatic N) is 2. The van der Waals surface area contributed by atoms with Crippen molar-refractivity contribution in [3.05, 3.63) is 47.8 Å². The molecular weight excluding hydrogens is 430 g/mol. The van der Waals surface area contributed by atoms with Crippen molar-refractivity contribution in [2.75, 3.05) is 6.61 Å². The molecule has 34 heavy (non-hydrogen) atoms. The minimum absolute atomic E-state index is 0.0448. The van der Waals surface area contributed by atoms with Crippen molar-refractivity contribution < 1.29 is 13.5 Å². The second-order valence-electron chi connectivity index (χ2n) is 9.01. The largest absolute Gasteiger partial charge is 0.490 e. The van der Waals surface area contributed by atoms with Crippen molar-refractivity contribution in [3.63, 3.8) is 0 Å². The summed E-state index contributed by atoms with van der Waals surface area (Å²) in [5, 5.41) is 0. The molecule has 0 saturated carbocycles. The molecule has 2 aromatic rings. The Kier molecular flexibility index (Phi) is 14.1. The van der Waals surface area contributed by atoms with E-state index in [0.29, 0.717) is 6.61 Å². The molecular formula is C29H42F2N2O. The van der Waals surface area contributed by atoms with Gasteiger partial charge in [-0.2, -0.15) is 4.39 Å². The summed E-state index contributed by atoms with van der Waals surface area (Å²) < 4.78 is 34.6. The first kappa shape index (κ1) is 27.9. The highest BCUT2D eigenvalue weighted by molar-refractivity contribution is 5.59. The molecule has 0 radical (unpaired) electrons. The molecule has 3 nitrogen and oxygen atoms in total. The van der Waals surface area contributed by atoms with Crippen LogP contribution in [0.2, 0.25) is 0 Å². The average Bonchev–Trinajstić information content (AvgIpc) is 2.85. The van der Waals surface area contributed by atoms with Crippen LogP contribution in [0.25, 0.3) is 17.5 Å². The van der Waals surface area contributed by atoms with Gasteiger partial charge in [-0.15, -0.1) is 0 Å². The van der Waals surface area contributed by atoms with Gasteiger partial charge in [0.2, 0.25) is 5.82 Å². The van der Waals surface area contributed by atoms with Gasteiger partial charge in [-0.25, -0.2) is 14.4 Å². The highest BCUT2D eigenvalue weighted by Crippen LogP contribution is 2.28. The zero-order chi connectivity index (χ0) is 24.4. The Labute approximate surface area is 205 Å². The van der Waals surface area contributed by atoms with Crippen LogP contribution in [0.15, 0.2) is 30.6 Å². The summed E-state index contributed by atoms with van der Waals surface area (Å²) in [6, 6.07) is 2.95. The third kappa shape index (κ3) is 10.3. The minimum Gasteiger partial charge on any atom is -0.490 e. The summed E-state index contributed by atoms with van der Waals surface area (Å²) in [6.07, 6.45) is 24.1. The standard InChI is InChI=1S/C29H42F2N2O/c1-3-5-7-9-11-12-14-16-18-24-22-32-29(33-23-24)25-19-20-26(28(31)27(25)30)34-21-17-15-13-10-8-6-4-2/h16,18-20,22-23H,3-15,17,21H2,1-2H3/b18-16+. The molecule has 1 heterocycles. The first-order valence-corrected chi connectivity index (χ1v) is 13.3. The van der Waals surface area contributed by atoms with Gasteiger partial charge in [0.05, 0.1) is 12.2 Å². The van der Waals surface area contributed by atoms with Crippen molar-refractivity contribution >= 4 is 6.08 Å². The number of hydrogen-bond acceptors (Lipinski definition) is 3. The monoisotopic (exact) mass is 472 g/mol. The van der Waals surface area contributed by atoms with Gasteiger partial charge in [0.25, 0.3) is 0 Å². The number of allylic oxidation sites excluding steroid dienone is 1. The van der Waals surface area contributed by atoms with Gasteiger partial charge in [0.1, 0.15) is 0 Å². The van der Waals surface area contributed by atoms with E-state index in [4.69, 9.17) is 4.74 Å². The summed E-state index contributed by atoms with van der Waals surface area (Å²) in [5.74, 6) is -1.83. The third-order valence-electron chi connectivity index (χ3n) is 6.00. The topological polar surface area (TPSA) is 35.0 Å². The van der Waals surface area contributed by atoms with Crippen LogP contribution in [0.5, 0.6) is 5.75 Å². The Morgan fingerprint density at radius 2 is 1.32 bits per heavy atom. The van der Waals surface area contributed by atoms with E-state index < -0.39 is 11.6 Å². The van der Waals surface area contributed by atoms with Crippen LogP contribution >= 0.6 is 0 Å². The maximum Gasteiger partial charge on any atom is 0.201 e. The summed E-state index contributed by atoms with van der Waals surface area (Å²) >= 11 is 0. The van der Waals surface area contributed by atoms with Gasteiger partial charge in [0, 0.05) is 18.0 Å². The third-order valence-corrected chi connectivity index (χ3v) is 6.00. The van der Waals surface area contributed by atoms with Gasteiger partial charge in [0.15, 0.2) is 17.4 Å². The first-order chi connectivity index (χ1) is 16.7. The maximum atomic E-state index is 14.6. The van der Waals surface area contributed by atoms with Crippen molar-refractivity contribution in [2.45, 2.75) is 104 Å². The van der Waals surface area contributed by atoms with E-state index in [-0.39, 0.29) is 17.1 Å². The van der Waals surface area contributed by atoms with Crippen LogP contribution in [-0.4, -0.2) is 16.6 Å². The molecule has 0 saturated heterocycles. The molecule has 0 aliphatic carbocycles. The molecule has 1 aromatic heterocycles. The number of ether oxygens (including phenoxy) is 1. The number of benzene rings is 1. The summed E-state index contributed by atoms with van der Waals surface area (Å²) in [6.45, 7) is 4.81. The Morgan fingerprint density at radius 1 is 0.735 bits per heavy atom. The quantitative estimate of drug-likeness (QED) is 0.203. The molecule has 188 valence electrons. The molecule has 0 spiro atoms. The van der Waals surface area contributed by atoms with Gasteiger partial charge >= 0.3 is 0 Å². The number of halogens is 2. The van der Waals surface area contributed by atoms with Gasteiger partial charge in [-0.1, -0.05) is 96.6 Å². The SMILES string of the molecule is CCCCCCCC/C=C/c1cnc(-c2ccc(OCCCCCCCCC)c(F)c2F)nc1. The lowest BCUT2D eigenvalue weighted by molar-refractivity contribution is 0.285. The van der Waals surface area contributed by atoms with Crippen LogP contribution in [0, 0.1) is 11.6 Å². The number of unbranched alkanes of at least 4 members (excludes halogenated alkanes) is 12. The summed E-state index contributed by atoms with van der Waals surface area (Å²) in [4.78, 5) is 8.47. The molecule has 2 rings (SSSR count). The van der Waals surface area contributed by atoms with E-state index >= 15 is 0 Å². The van der Waals surface area contributed by atoms with Crippen LogP contribution in [0.3, 0.4) is 0 Å². The second-order valence-corrected chi connectivity index (χ2v) is 9.01. The normalized spacial score (nSPS) is 11.4. The van der Waals surface area contributed by atoms with Crippen LogP contribution in [0.1, 0.15) is 109 Å². The molecule has 0 bridgehead atoms. The zero-order valence-electron chi connectivity index (χ0n) is 21.1. The van der Waals surface area contributed by atoms with E-state index in [9.17, 15) is 8.78 Å². The smallest absolute Gasteiger partial charge is 0.201 e. The van der Waals surface area contributed by atoms with Gasteiger partial charge in [-0.05, 0) is 31.4 Å². The fraction of sp³-hybridized carbons (Fsp3) is 0.586. The number of aromatic nitrogens is 2. The van der Waals surface area contributed by atoms with E-state index in [1.807, 2.05) is 6.08 Å². The lowest BCUT2D eigenvalue weighted by Crippen LogP contribution is -2.02. The van der Waals surface area contributed by atoms with Crippen molar-refractivity contribution in [2.24, 2.45) is 0 Å². The van der Waals surface area contributed by atoms with E-state index in [0.717, 1.165) is 31.2 Å². The fourth-order valence-corrected chi connectivity index (χ4v) is 3.88. The lowest BCUT2D eigenvalue weighted by Gasteiger charge is -2.10. The lowest BCUT2D eigenvalue weighted by atomic mass is 10.1. The van der Waals surface area contributed by atoms with Gasteiger partial charge < -0.3 is 4.74 Å². The van der Waals surface area contributed by atoms with Crippen molar-refractivity contribution in [1.82, 2.24) is 9.97 Å². The van der Waals surface area contributed by atoms with Crippen LogP contribution in [-0.2, 0) is 0 Å². The molecule has 0 amide bonds. The Bertz CT molecular complexity index is 837. The molecule has 5 heteroatoms. The predicted molar refractivity (Wildman–Crippen MR) is 138 cm³/mol. The second kappa shape index (κ2) is 17.2. The number of hydrogen-bond donors (Lipinski definition) is 0. The maximum absolute atomic E-state index is 14.6. The molecule has 0 N–H and O–H groups in total. The zero-order valence-corrected chi connectivity index (χ0v) is 21.1. The Balaban J connectivity index is 1.79. The highest BCUT2D eigenvalue weighted by Gasteiger charge is 2.17. The summed E-state index contributed by atoms with van der Waals surface area (Å²) in [5.41, 5.74) is 0.897. The first-order valence-electron chi connectivity index (χ1n) is 13.3.